The summed E-state index contributed by atoms with van der Waals surface area (Å²) in [5, 5.41) is 6.35. The van der Waals surface area contributed by atoms with Gasteiger partial charge in [-0.1, -0.05) is 25.1 Å². The van der Waals surface area contributed by atoms with Gasteiger partial charge in [-0.15, -0.1) is 11.8 Å². The van der Waals surface area contributed by atoms with Crippen molar-refractivity contribution in [2.45, 2.75) is 37.5 Å². The minimum absolute atomic E-state index is 0.0646. The number of aromatic nitrogens is 1. The van der Waals surface area contributed by atoms with Crippen molar-refractivity contribution in [2.24, 2.45) is 0 Å². The van der Waals surface area contributed by atoms with Crippen molar-refractivity contribution in [2.75, 3.05) is 24.2 Å². The van der Waals surface area contributed by atoms with Gasteiger partial charge in [-0.25, -0.2) is 4.98 Å². The van der Waals surface area contributed by atoms with Crippen LogP contribution in [0.5, 0.6) is 0 Å². The number of pyridine rings is 1. The fraction of sp³-hybridized carbons (Fsp3) is 0.400. The molecule has 132 valence electrons. The van der Waals surface area contributed by atoms with Gasteiger partial charge in [0.05, 0.1) is 6.42 Å². The highest BCUT2D eigenvalue weighted by molar-refractivity contribution is 7.99. The van der Waals surface area contributed by atoms with Crippen LogP contribution in [0.2, 0.25) is 0 Å². The second-order valence-electron chi connectivity index (χ2n) is 6.20. The normalized spacial score (nSPS) is 13.0. The SMILES string of the molecule is CCSc1cccc(CC(=O)NCCc2ccc3c(n2)NCCC3)c1. The average molecular weight is 356 g/mol. The van der Waals surface area contributed by atoms with E-state index in [0.717, 1.165) is 42.2 Å². The van der Waals surface area contributed by atoms with Crippen molar-refractivity contribution in [1.29, 1.82) is 0 Å². The number of carbonyl (C=O) groups is 1. The molecule has 2 heterocycles. The van der Waals surface area contributed by atoms with E-state index in [0.29, 0.717) is 13.0 Å². The Labute approximate surface area is 153 Å². The topological polar surface area (TPSA) is 54.0 Å². The number of rotatable bonds is 7. The summed E-state index contributed by atoms with van der Waals surface area (Å²) in [6, 6.07) is 12.4. The number of thioether (sulfide) groups is 1. The van der Waals surface area contributed by atoms with Crippen LogP contribution < -0.4 is 10.6 Å². The summed E-state index contributed by atoms with van der Waals surface area (Å²) in [7, 11) is 0. The molecule has 1 aromatic heterocycles. The van der Waals surface area contributed by atoms with E-state index in [9.17, 15) is 4.79 Å². The first-order chi connectivity index (χ1) is 12.2. The maximum atomic E-state index is 12.2. The third-order valence-electron chi connectivity index (χ3n) is 4.23. The lowest BCUT2D eigenvalue weighted by Crippen LogP contribution is -2.27. The highest BCUT2D eigenvalue weighted by Crippen LogP contribution is 2.20. The third kappa shape index (κ3) is 5.23. The first-order valence-corrected chi connectivity index (χ1v) is 9.94. The number of aryl methyl sites for hydroxylation is 1. The molecule has 1 aliphatic rings. The zero-order valence-electron chi connectivity index (χ0n) is 14.7. The van der Waals surface area contributed by atoms with Gasteiger partial charge < -0.3 is 10.6 Å². The van der Waals surface area contributed by atoms with E-state index in [1.54, 1.807) is 11.8 Å². The lowest BCUT2D eigenvalue weighted by Gasteiger charge is -2.17. The van der Waals surface area contributed by atoms with Crippen LogP contribution >= 0.6 is 11.8 Å². The van der Waals surface area contributed by atoms with E-state index < -0.39 is 0 Å². The maximum absolute atomic E-state index is 12.2. The predicted octanol–water partition coefficient (Wildman–Crippen LogP) is 3.45. The van der Waals surface area contributed by atoms with Crippen LogP contribution in [-0.4, -0.2) is 29.7 Å². The van der Waals surface area contributed by atoms with E-state index in [4.69, 9.17) is 0 Å². The van der Waals surface area contributed by atoms with Crippen LogP contribution in [0.15, 0.2) is 41.3 Å². The van der Waals surface area contributed by atoms with Gasteiger partial charge in [0.2, 0.25) is 5.91 Å². The van der Waals surface area contributed by atoms with Gasteiger partial charge in [0.1, 0.15) is 5.82 Å². The zero-order chi connectivity index (χ0) is 17.5. The number of nitrogens with zero attached hydrogens (tertiary/aromatic N) is 1. The number of hydrogen-bond acceptors (Lipinski definition) is 4. The fourth-order valence-corrected chi connectivity index (χ4v) is 3.74. The van der Waals surface area contributed by atoms with Crippen LogP contribution in [0.25, 0.3) is 0 Å². The summed E-state index contributed by atoms with van der Waals surface area (Å²) in [6.45, 7) is 3.75. The quantitative estimate of drug-likeness (QED) is 0.747. The molecular weight excluding hydrogens is 330 g/mol. The van der Waals surface area contributed by atoms with E-state index in [1.807, 2.05) is 12.1 Å². The lowest BCUT2D eigenvalue weighted by molar-refractivity contribution is -0.120. The van der Waals surface area contributed by atoms with Crippen molar-refractivity contribution in [3.05, 3.63) is 53.2 Å². The van der Waals surface area contributed by atoms with Crippen molar-refractivity contribution < 1.29 is 4.79 Å². The molecule has 0 aliphatic carbocycles. The maximum Gasteiger partial charge on any atom is 0.224 e. The molecule has 0 unspecified atom stereocenters. The number of nitrogens with one attached hydrogen (secondary N) is 2. The van der Waals surface area contributed by atoms with Gasteiger partial charge in [-0.05, 0) is 47.9 Å². The van der Waals surface area contributed by atoms with Gasteiger partial charge in [0.15, 0.2) is 0 Å². The fourth-order valence-electron chi connectivity index (χ4n) is 3.00. The van der Waals surface area contributed by atoms with Crippen LogP contribution in [0, 0.1) is 0 Å². The number of benzene rings is 1. The molecule has 1 aromatic carbocycles. The Hall–Kier alpha value is -2.01. The van der Waals surface area contributed by atoms with Crippen molar-refractivity contribution >= 4 is 23.5 Å². The summed E-state index contributed by atoms with van der Waals surface area (Å²) < 4.78 is 0. The van der Waals surface area contributed by atoms with E-state index in [1.165, 1.54) is 16.9 Å². The van der Waals surface area contributed by atoms with Gasteiger partial charge >= 0.3 is 0 Å². The zero-order valence-corrected chi connectivity index (χ0v) is 15.5. The monoisotopic (exact) mass is 355 g/mol. The standard InChI is InChI=1S/C20H25N3OS/c1-2-25-18-7-3-5-15(13-18)14-19(24)21-12-10-17-9-8-16-6-4-11-22-20(16)23-17/h3,5,7-9,13H,2,4,6,10-12,14H2,1H3,(H,21,24)(H,22,23). The Bertz CT molecular complexity index is 733. The van der Waals surface area contributed by atoms with E-state index in [2.05, 4.69) is 46.8 Å². The number of fused-ring (bicyclic) bond motifs is 1. The molecule has 1 aliphatic heterocycles. The van der Waals surface area contributed by atoms with Crippen LogP contribution in [0.4, 0.5) is 5.82 Å². The Morgan fingerprint density at radius 2 is 2.24 bits per heavy atom. The van der Waals surface area contributed by atoms with Crippen molar-refractivity contribution in [1.82, 2.24) is 10.3 Å². The number of hydrogen-bond donors (Lipinski definition) is 2. The lowest BCUT2D eigenvalue weighted by atomic mass is 10.1. The van der Waals surface area contributed by atoms with Crippen LogP contribution in [0.1, 0.15) is 30.2 Å². The molecule has 1 amide bonds. The highest BCUT2D eigenvalue weighted by atomic mass is 32.2. The number of carbonyl (C=O) groups excluding carboxylic acids is 1. The minimum Gasteiger partial charge on any atom is -0.370 e. The molecule has 25 heavy (non-hydrogen) atoms. The molecule has 3 rings (SSSR count). The summed E-state index contributed by atoms with van der Waals surface area (Å²) in [5.74, 6) is 2.12. The van der Waals surface area contributed by atoms with Gasteiger partial charge in [0, 0.05) is 30.1 Å². The van der Waals surface area contributed by atoms with Crippen molar-refractivity contribution in [3.63, 3.8) is 0 Å². The largest absolute Gasteiger partial charge is 0.370 e. The van der Waals surface area contributed by atoms with Gasteiger partial charge in [0.25, 0.3) is 0 Å². The Balaban J connectivity index is 1.47. The molecule has 0 saturated carbocycles. The van der Waals surface area contributed by atoms with Crippen LogP contribution in [0.3, 0.4) is 0 Å². The molecule has 2 N–H and O–H groups in total. The first kappa shape index (κ1) is 17.8. The third-order valence-corrected chi connectivity index (χ3v) is 5.11. The Morgan fingerprint density at radius 1 is 1.32 bits per heavy atom. The highest BCUT2D eigenvalue weighted by Gasteiger charge is 2.10. The van der Waals surface area contributed by atoms with E-state index >= 15 is 0 Å². The second-order valence-corrected chi connectivity index (χ2v) is 7.54. The predicted molar refractivity (Wildman–Crippen MR) is 104 cm³/mol. The summed E-state index contributed by atoms with van der Waals surface area (Å²) in [6.07, 6.45) is 3.45. The van der Waals surface area contributed by atoms with Gasteiger partial charge in [-0.2, -0.15) is 0 Å². The molecule has 4 nitrogen and oxygen atoms in total. The van der Waals surface area contributed by atoms with E-state index in [-0.39, 0.29) is 5.91 Å². The smallest absolute Gasteiger partial charge is 0.224 e. The summed E-state index contributed by atoms with van der Waals surface area (Å²) >= 11 is 1.80. The molecule has 0 bridgehead atoms. The van der Waals surface area contributed by atoms with Gasteiger partial charge in [-0.3, -0.25) is 4.79 Å². The number of anilines is 1. The first-order valence-electron chi connectivity index (χ1n) is 8.95. The van der Waals surface area contributed by atoms with Crippen molar-refractivity contribution in [3.8, 4) is 0 Å². The molecule has 0 fully saturated rings. The molecule has 2 aromatic rings. The minimum atomic E-state index is 0.0646. The molecule has 0 spiro atoms. The molecule has 0 radical (unpaired) electrons. The second kappa shape index (κ2) is 8.90. The molecule has 0 saturated heterocycles. The molecular formula is C20H25N3OS. The summed E-state index contributed by atoms with van der Waals surface area (Å²) in [5.41, 5.74) is 3.38. The number of amides is 1. The average Bonchev–Trinajstić information content (AvgIpc) is 2.62. The van der Waals surface area contributed by atoms with Crippen LogP contribution in [-0.2, 0) is 24.1 Å². The Morgan fingerprint density at radius 3 is 3.12 bits per heavy atom. The molecule has 0 atom stereocenters. The molecule has 5 heteroatoms. The summed E-state index contributed by atoms with van der Waals surface area (Å²) in [4.78, 5) is 18.0. The Kier molecular flexibility index (Phi) is 6.34.